The number of nitrogens with two attached hydrogens (primary N) is 1. The second-order valence-corrected chi connectivity index (χ2v) is 7.04. The minimum atomic E-state index is 0.119. The van der Waals surface area contributed by atoms with E-state index in [9.17, 15) is 0 Å². The summed E-state index contributed by atoms with van der Waals surface area (Å²) in [5.41, 5.74) is 6.21. The van der Waals surface area contributed by atoms with Crippen LogP contribution < -0.4 is 5.73 Å². The third-order valence-corrected chi connectivity index (χ3v) is 4.98. The molecule has 0 radical (unpaired) electrons. The summed E-state index contributed by atoms with van der Waals surface area (Å²) in [6.45, 7) is 8.25. The molecule has 0 saturated carbocycles. The Balaban J connectivity index is 2.19. The highest BCUT2D eigenvalue weighted by Gasteiger charge is 2.31. The Bertz CT molecular complexity index is 386. The van der Waals surface area contributed by atoms with Crippen LogP contribution in [0.3, 0.4) is 0 Å². The molecule has 0 aromatic carbocycles. The molecule has 1 fully saturated rings. The Morgan fingerprint density at radius 2 is 2.06 bits per heavy atom. The van der Waals surface area contributed by atoms with Gasteiger partial charge in [-0.3, -0.25) is 4.90 Å². The van der Waals surface area contributed by atoms with Gasteiger partial charge in [0.25, 0.3) is 0 Å². The van der Waals surface area contributed by atoms with Crippen molar-refractivity contribution in [1.82, 2.24) is 4.90 Å². The number of hydrogen-bond acceptors (Lipinski definition) is 4. The molecule has 5 heteroatoms. The number of thiophene rings is 1. The molecule has 1 aromatic rings. The largest absolute Gasteiger partial charge is 0.373 e. The van der Waals surface area contributed by atoms with Gasteiger partial charge in [0.2, 0.25) is 0 Å². The van der Waals surface area contributed by atoms with E-state index < -0.39 is 0 Å². The molecule has 0 spiro atoms. The third-order valence-electron chi connectivity index (χ3n) is 3.22. The maximum absolute atomic E-state index is 6.21. The van der Waals surface area contributed by atoms with Crippen LogP contribution in [0.1, 0.15) is 31.7 Å². The van der Waals surface area contributed by atoms with Crippen LogP contribution in [0.25, 0.3) is 0 Å². The first-order valence-electron chi connectivity index (χ1n) is 6.36. The first-order valence-corrected chi connectivity index (χ1v) is 8.03. The molecule has 0 bridgehead atoms. The van der Waals surface area contributed by atoms with Gasteiger partial charge in [-0.05, 0) is 42.8 Å². The zero-order valence-corrected chi connectivity index (χ0v) is 13.5. The average Bonchev–Trinajstić information content (AvgIpc) is 2.62. The van der Waals surface area contributed by atoms with Gasteiger partial charge >= 0.3 is 0 Å². The van der Waals surface area contributed by atoms with Crippen molar-refractivity contribution >= 4 is 27.3 Å². The summed E-state index contributed by atoms with van der Waals surface area (Å²) in [6.07, 6.45) is 0.553. The minimum absolute atomic E-state index is 0.119. The summed E-state index contributed by atoms with van der Waals surface area (Å²) in [4.78, 5) is 3.79. The van der Waals surface area contributed by atoms with Gasteiger partial charge in [-0.1, -0.05) is 0 Å². The highest BCUT2D eigenvalue weighted by Crippen LogP contribution is 2.33. The fourth-order valence-electron chi connectivity index (χ4n) is 2.70. The van der Waals surface area contributed by atoms with Crippen LogP contribution in [0.15, 0.2) is 15.9 Å². The molecule has 102 valence electrons. The number of halogens is 1. The first-order chi connectivity index (χ1) is 8.47. The molecule has 1 saturated heterocycles. The highest BCUT2D eigenvalue weighted by atomic mass is 79.9. The predicted octanol–water partition coefficient (Wildman–Crippen LogP) is 3.01. The summed E-state index contributed by atoms with van der Waals surface area (Å²) in [5.74, 6) is 0. The standard InChI is InChI=1S/C13H21BrN2OS/c1-8-5-16(6-9(2)17-8)13(10(3)15)12-4-11(14)7-18-12/h4,7-10,13H,5-6,15H2,1-3H3. The zero-order valence-electron chi connectivity index (χ0n) is 11.1. The Kier molecular flexibility index (Phi) is 4.83. The van der Waals surface area contributed by atoms with E-state index in [-0.39, 0.29) is 24.3 Å². The Labute approximate surface area is 121 Å². The van der Waals surface area contributed by atoms with Gasteiger partial charge in [-0.2, -0.15) is 0 Å². The van der Waals surface area contributed by atoms with E-state index in [1.165, 1.54) is 4.88 Å². The lowest BCUT2D eigenvalue weighted by molar-refractivity contribution is -0.0827. The molecule has 1 aromatic heterocycles. The van der Waals surface area contributed by atoms with E-state index in [0.29, 0.717) is 0 Å². The Morgan fingerprint density at radius 1 is 1.44 bits per heavy atom. The van der Waals surface area contributed by atoms with Crippen molar-refractivity contribution in [2.24, 2.45) is 5.73 Å². The van der Waals surface area contributed by atoms with Crippen LogP contribution in [-0.2, 0) is 4.74 Å². The average molecular weight is 333 g/mol. The summed E-state index contributed by atoms with van der Waals surface area (Å²) in [7, 11) is 0. The molecule has 2 heterocycles. The maximum Gasteiger partial charge on any atom is 0.0678 e. The lowest BCUT2D eigenvalue weighted by Crippen LogP contribution is -2.50. The maximum atomic E-state index is 6.21. The summed E-state index contributed by atoms with van der Waals surface area (Å²) < 4.78 is 6.94. The number of morpholine rings is 1. The van der Waals surface area contributed by atoms with E-state index in [1.54, 1.807) is 11.3 Å². The number of hydrogen-bond donors (Lipinski definition) is 1. The molecule has 1 aliphatic rings. The topological polar surface area (TPSA) is 38.5 Å². The Morgan fingerprint density at radius 3 is 2.50 bits per heavy atom. The number of ether oxygens (including phenoxy) is 1. The van der Waals surface area contributed by atoms with Gasteiger partial charge in [-0.15, -0.1) is 11.3 Å². The fourth-order valence-corrected chi connectivity index (χ4v) is 4.39. The monoisotopic (exact) mass is 332 g/mol. The molecule has 0 amide bonds. The fraction of sp³-hybridized carbons (Fsp3) is 0.692. The van der Waals surface area contributed by atoms with Crippen LogP contribution in [0, 0.1) is 0 Å². The molecule has 4 unspecified atom stereocenters. The predicted molar refractivity (Wildman–Crippen MR) is 80.0 cm³/mol. The SMILES string of the molecule is CC1CN(C(c2cc(Br)cs2)C(C)N)CC(C)O1. The van der Waals surface area contributed by atoms with E-state index in [0.717, 1.165) is 17.6 Å². The molecule has 2 N–H and O–H groups in total. The quantitative estimate of drug-likeness (QED) is 0.924. The van der Waals surface area contributed by atoms with Gasteiger partial charge in [-0.25, -0.2) is 0 Å². The van der Waals surface area contributed by atoms with Crippen LogP contribution in [-0.4, -0.2) is 36.2 Å². The summed E-state index contributed by atoms with van der Waals surface area (Å²) in [5, 5.41) is 2.12. The number of rotatable bonds is 3. The van der Waals surface area contributed by atoms with Gasteiger partial charge < -0.3 is 10.5 Å². The van der Waals surface area contributed by atoms with Crippen molar-refractivity contribution in [3.05, 3.63) is 20.8 Å². The van der Waals surface area contributed by atoms with E-state index in [2.05, 4.69) is 53.0 Å². The van der Waals surface area contributed by atoms with E-state index >= 15 is 0 Å². The second kappa shape index (κ2) is 6.01. The van der Waals surface area contributed by atoms with Crippen molar-refractivity contribution in [2.45, 2.75) is 45.1 Å². The van der Waals surface area contributed by atoms with Crippen molar-refractivity contribution in [1.29, 1.82) is 0 Å². The molecule has 1 aliphatic heterocycles. The molecule has 0 aliphatic carbocycles. The van der Waals surface area contributed by atoms with Crippen LogP contribution in [0.4, 0.5) is 0 Å². The number of nitrogens with zero attached hydrogens (tertiary/aromatic N) is 1. The lowest BCUT2D eigenvalue weighted by Gasteiger charge is -2.41. The summed E-state index contributed by atoms with van der Waals surface area (Å²) >= 11 is 5.30. The first kappa shape index (κ1) is 14.5. The highest BCUT2D eigenvalue weighted by molar-refractivity contribution is 9.10. The lowest BCUT2D eigenvalue weighted by atomic mass is 10.0. The minimum Gasteiger partial charge on any atom is -0.373 e. The van der Waals surface area contributed by atoms with Crippen LogP contribution in [0.5, 0.6) is 0 Å². The molecule has 18 heavy (non-hydrogen) atoms. The smallest absolute Gasteiger partial charge is 0.0678 e. The van der Waals surface area contributed by atoms with Crippen molar-refractivity contribution in [3.8, 4) is 0 Å². The van der Waals surface area contributed by atoms with Gasteiger partial charge in [0.15, 0.2) is 0 Å². The Hall–Kier alpha value is 0.0600. The molecule has 2 rings (SSSR count). The van der Waals surface area contributed by atoms with E-state index in [4.69, 9.17) is 10.5 Å². The molecular weight excluding hydrogens is 312 g/mol. The van der Waals surface area contributed by atoms with Gasteiger partial charge in [0.1, 0.15) is 0 Å². The van der Waals surface area contributed by atoms with Crippen LogP contribution >= 0.6 is 27.3 Å². The molecular formula is C13H21BrN2OS. The van der Waals surface area contributed by atoms with Crippen LogP contribution in [0.2, 0.25) is 0 Å². The van der Waals surface area contributed by atoms with Crippen molar-refractivity contribution in [2.75, 3.05) is 13.1 Å². The summed E-state index contributed by atoms with van der Waals surface area (Å²) in [6, 6.07) is 2.59. The van der Waals surface area contributed by atoms with E-state index in [1.807, 2.05) is 0 Å². The molecule has 4 atom stereocenters. The zero-order chi connectivity index (χ0) is 13.3. The van der Waals surface area contributed by atoms with Gasteiger partial charge in [0.05, 0.1) is 18.2 Å². The normalized spacial score (nSPS) is 29.2. The van der Waals surface area contributed by atoms with Crippen molar-refractivity contribution < 1.29 is 4.74 Å². The molecule has 3 nitrogen and oxygen atoms in total. The van der Waals surface area contributed by atoms with Gasteiger partial charge in [0, 0.05) is 33.9 Å². The van der Waals surface area contributed by atoms with Crippen molar-refractivity contribution in [3.63, 3.8) is 0 Å². The second-order valence-electron chi connectivity index (χ2n) is 5.18. The third kappa shape index (κ3) is 3.33.